The molecule has 0 aromatic carbocycles. The minimum absolute atomic E-state index is 0.336. The second-order valence-corrected chi connectivity index (χ2v) is 6.38. The first-order chi connectivity index (χ1) is 9.26. The van der Waals surface area contributed by atoms with Crippen LogP contribution < -0.4 is 10.1 Å². The molecule has 2 heterocycles. The monoisotopic (exact) mass is 294 g/mol. The van der Waals surface area contributed by atoms with E-state index in [4.69, 9.17) is 16.3 Å². The number of halogens is 1. The summed E-state index contributed by atoms with van der Waals surface area (Å²) < 4.78 is 5.95. The van der Waals surface area contributed by atoms with Crippen LogP contribution in [-0.4, -0.2) is 12.1 Å². The molecule has 0 saturated heterocycles. The fourth-order valence-electron chi connectivity index (χ4n) is 2.46. The summed E-state index contributed by atoms with van der Waals surface area (Å²) >= 11 is 7.82. The molecule has 19 heavy (non-hydrogen) atoms. The van der Waals surface area contributed by atoms with Gasteiger partial charge in [0, 0.05) is 10.9 Å². The van der Waals surface area contributed by atoms with Crippen LogP contribution in [0.3, 0.4) is 0 Å². The first-order valence-electron chi connectivity index (χ1n) is 6.31. The van der Waals surface area contributed by atoms with Crippen molar-refractivity contribution in [2.24, 2.45) is 0 Å². The Morgan fingerprint density at radius 3 is 3.11 bits per heavy atom. The van der Waals surface area contributed by atoms with Crippen LogP contribution in [0.25, 0.3) is 0 Å². The van der Waals surface area contributed by atoms with Crippen molar-refractivity contribution in [3.05, 3.63) is 39.2 Å². The van der Waals surface area contributed by atoms with Crippen molar-refractivity contribution in [2.75, 3.05) is 12.4 Å². The highest BCUT2D eigenvalue weighted by molar-refractivity contribution is 7.16. The van der Waals surface area contributed by atoms with E-state index in [0.717, 1.165) is 22.9 Å². The van der Waals surface area contributed by atoms with Gasteiger partial charge < -0.3 is 10.1 Å². The summed E-state index contributed by atoms with van der Waals surface area (Å²) in [6.45, 7) is 0. The lowest BCUT2D eigenvalue weighted by atomic mass is 9.94. The molecule has 0 amide bonds. The van der Waals surface area contributed by atoms with E-state index >= 15 is 0 Å². The van der Waals surface area contributed by atoms with Gasteiger partial charge in [0.05, 0.1) is 29.4 Å². The summed E-state index contributed by atoms with van der Waals surface area (Å²) in [6, 6.07) is 6.29. The van der Waals surface area contributed by atoms with Crippen LogP contribution in [0.4, 0.5) is 5.69 Å². The molecule has 0 spiro atoms. The highest BCUT2D eigenvalue weighted by Crippen LogP contribution is 2.39. The molecule has 0 bridgehead atoms. The zero-order chi connectivity index (χ0) is 13.2. The highest BCUT2D eigenvalue weighted by Gasteiger charge is 2.22. The average Bonchev–Trinajstić information content (AvgIpc) is 2.81. The lowest BCUT2D eigenvalue weighted by molar-refractivity contribution is 0.398. The molecule has 2 aromatic heterocycles. The van der Waals surface area contributed by atoms with Crippen molar-refractivity contribution in [3.63, 3.8) is 0 Å². The third kappa shape index (κ3) is 2.69. The quantitative estimate of drug-likeness (QED) is 0.917. The molecule has 0 saturated carbocycles. The molecule has 1 atom stereocenters. The first-order valence-corrected chi connectivity index (χ1v) is 7.50. The van der Waals surface area contributed by atoms with Crippen molar-refractivity contribution in [2.45, 2.75) is 25.3 Å². The number of rotatable bonds is 3. The molecule has 1 unspecified atom stereocenters. The van der Waals surface area contributed by atoms with Gasteiger partial charge in [-0.1, -0.05) is 11.6 Å². The smallest absolute Gasteiger partial charge is 0.213 e. The van der Waals surface area contributed by atoms with Crippen LogP contribution in [0, 0.1) is 0 Å². The molecule has 3 rings (SSSR count). The molecule has 0 aliphatic heterocycles. The Bertz CT molecular complexity index is 567. The predicted molar refractivity (Wildman–Crippen MR) is 79.4 cm³/mol. The Kier molecular flexibility index (Phi) is 3.62. The third-order valence-electron chi connectivity index (χ3n) is 3.37. The van der Waals surface area contributed by atoms with E-state index in [1.54, 1.807) is 24.6 Å². The van der Waals surface area contributed by atoms with Crippen LogP contribution in [0.5, 0.6) is 5.88 Å². The van der Waals surface area contributed by atoms with Crippen molar-refractivity contribution >= 4 is 28.6 Å². The van der Waals surface area contributed by atoms with E-state index in [1.807, 2.05) is 12.1 Å². The van der Waals surface area contributed by atoms with E-state index in [1.165, 1.54) is 16.9 Å². The fourth-order valence-corrected chi connectivity index (χ4v) is 3.84. The van der Waals surface area contributed by atoms with E-state index in [-0.39, 0.29) is 0 Å². The molecule has 0 radical (unpaired) electrons. The number of thiophene rings is 1. The van der Waals surface area contributed by atoms with Crippen LogP contribution >= 0.6 is 22.9 Å². The number of aromatic nitrogens is 1. The van der Waals surface area contributed by atoms with Crippen molar-refractivity contribution in [1.82, 2.24) is 4.98 Å². The molecule has 2 aromatic rings. The molecular weight excluding hydrogens is 280 g/mol. The summed E-state index contributed by atoms with van der Waals surface area (Å²) in [5.41, 5.74) is 2.36. The van der Waals surface area contributed by atoms with Gasteiger partial charge in [-0.3, -0.25) is 0 Å². The number of anilines is 1. The zero-order valence-corrected chi connectivity index (χ0v) is 12.2. The zero-order valence-electron chi connectivity index (χ0n) is 10.6. The minimum Gasteiger partial charge on any atom is -0.481 e. The maximum absolute atomic E-state index is 6.12. The number of nitrogens with one attached hydrogen (secondary N) is 1. The van der Waals surface area contributed by atoms with Crippen molar-refractivity contribution in [3.8, 4) is 5.88 Å². The van der Waals surface area contributed by atoms with Gasteiger partial charge in [0.2, 0.25) is 5.88 Å². The number of hydrogen-bond donors (Lipinski definition) is 1. The maximum Gasteiger partial charge on any atom is 0.213 e. The molecule has 0 fully saturated rings. The predicted octanol–water partition coefficient (Wildman–Crippen LogP) is 4.29. The Morgan fingerprint density at radius 2 is 2.37 bits per heavy atom. The van der Waals surface area contributed by atoms with Crippen molar-refractivity contribution in [1.29, 1.82) is 0 Å². The van der Waals surface area contributed by atoms with Gasteiger partial charge in [0.1, 0.15) is 0 Å². The normalized spacial score (nSPS) is 17.9. The van der Waals surface area contributed by atoms with Gasteiger partial charge >= 0.3 is 0 Å². The lowest BCUT2D eigenvalue weighted by Crippen LogP contribution is -2.15. The summed E-state index contributed by atoms with van der Waals surface area (Å²) in [4.78, 5) is 5.63. The summed E-state index contributed by atoms with van der Waals surface area (Å²) in [7, 11) is 1.62. The molecule has 1 aliphatic carbocycles. The minimum atomic E-state index is 0.336. The largest absolute Gasteiger partial charge is 0.481 e. The highest BCUT2D eigenvalue weighted by atomic mass is 35.5. The van der Waals surface area contributed by atoms with Gasteiger partial charge in [-0.05, 0) is 37.0 Å². The first kappa shape index (κ1) is 12.8. The Morgan fingerprint density at radius 1 is 1.47 bits per heavy atom. The van der Waals surface area contributed by atoms with Crippen molar-refractivity contribution < 1.29 is 4.74 Å². The van der Waals surface area contributed by atoms with E-state index in [9.17, 15) is 0 Å². The van der Waals surface area contributed by atoms with Gasteiger partial charge in [0.25, 0.3) is 0 Å². The summed E-state index contributed by atoms with van der Waals surface area (Å²) in [5, 5.41) is 3.53. The topological polar surface area (TPSA) is 34.1 Å². The van der Waals surface area contributed by atoms with E-state index in [0.29, 0.717) is 11.9 Å². The SMILES string of the molecule is COc1ccc(NC2CCCc3sc(Cl)cc32)cn1. The Hall–Kier alpha value is -1.26. The number of fused-ring (bicyclic) bond motifs is 1. The molecule has 5 heteroatoms. The number of hydrogen-bond acceptors (Lipinski definition) is 4. The fraction of sp³-hybridized carbons (Fsp3) is 0.357. The van der Waals surface area contributed by atoms with Gasteiger partial charge in [0.15, 0.2) is 0 Å². The maximum atomic E-state index is 6.12. The molecule has 1 N–H and O–H groups in total. The molecule has 1 aliphatic rings. The van der Waals surface area contributed by atoms with Gasteiger partial charge in [-0.2, -0.15) is 0 Å². The third-order valence-corrected chi connectivity index (χ3v) is 4.71. The van der Waals surface area contributed by atoms with Crippen LogP contribution in [0.15, 0.2) is 24.4 Å². The summed E-state index contributed by atoms with van der Waals surface area (Å²) in [5.74, 6) is 0.633. The molecule has 100 valence electrons. The number of ether oxygens (including phenoxy) is 1. The Labute approximate surface area is 121 Å². The number of aryl methyl sites for hydroxylation is 1. The standard InChI is InChI=1S/C14H15ClN2OS/c1-18-14-6-5-9(8-16-14)17-11-3-2-4-12-10(11)7-13(15)19-12/h5-8,11,17H,2-4H2,1H3. The molecule has 3 nitrogen and oxygen atoms in total. The number of nitrogens with zero attached hydrogens (tertiary/aromatic N) is 1. The van der Waals surface area contributed by atoms with Crippen LogP contribution in [0.1, 0.15) is 29.3 Å². The second-order valence-electron chi connectivity index (χ2n) is 4.61. The average molecular weight is 295 g/mol. The summed E-state index contributed by atoms with van der Waals surface area (Å²) in [6.07, 6.45) is 5.28. The molecular formula is C14H15ClN2OS. The second kappa shape index (κ2) is 5.39. The van der Waals surface area contributed by atoms with E-state index < -0.39 is 0 Å². The lowest BCUT2D eigenvalue weighted by Gasteiger charge is -2.24. The van der Waals surface area contributed by atoms with Crippen LogP contribution in [0.2, 0.25) is 4.34 Å². The van der Waals surface area contributed by atoms with E-state index in [2.05, 4.69) is 16.4 Å². The van der Waals surface area contributed by atoms with Crippen LogP contribution in [-0.2, 0) is 6.42 Å². The van der Waals surface area contributed by atoms with Gasteiger partial charge in [-0.25, -0.2) is 4.98 Å². The van der Waals surface area contributed by atoms with Gasteiger partial charge in [-0.15, -0.1) is 11.3 Å². The number of pyridine rings is 1. The number of methoxy groups -OCH3 is 1. The Balaban J connectivity index is 1.79.